The summed E-state index contributed by atoms with van der Waals surface area (Å²) >= 11 is 0. The van der Waals surface area contributed by atoms with Crippen molar-refractivity contribution in [2.75, 3.05) is 6.61 Å². The fourth-order valence-corrected chi connectivity index (χ4v) is 3.90. The molecule has 0 bridgehead atoms. The zero-order valence-electron chi connectivity index (χ0n) is 15.3. The molecule has 0 saturated heterocycles. The lowest BCUT2D eigenvalue weighted by molar-refractivity contribution is 0.00810. The van der Waals surface area contributed by atoms with Crippen LogP contribution in [-0.2, 0) is 4.43 Å². The fourth-order valence-electron chi connectivity index (χ4n) is 2.84. The van der Waals surface area contributed by atoms with Gasteiger partial charge in [-0.3, -0.25) is 0 Å². The Hall–Kier alpha value is -0.383. The normalized spacial score (nSPS) is 26.7. The highest BCUT2D eigenvalue weighted by Gasteiger charge is 2.38. The number of rotatable bonds is 7. The molecule has 0 radical (unpaired) electrons. The van der Waals surface area contributed by atoms with Crippen molar-refractivity contribution in [3.05, 3.63) is 24.8 Å². The van der Waals surface area contributed by atoms with Crippen LogP contribution < -0.4 is 0 Å². The molecule has 0 spiro atoms. The van der Waals surface area contributed by atoms with Crippen LogP contribution in [0.1, 0.15) is 59.3 Å². The summed E-state index contributed by atoms with van der Waals surface area (Å²) in [6, 6.07) is 0. The van der Waals surface area contributed by atoms with E-state index in [-0.39, 0.29) is 5.04 Å². The van der Waals surface area contributed by atoms with Crippen molar-refractivity contribution in [1.29, 1.82) is 0 Å². The molecule has 0 heterocycles. The molecule has 1 rings (SSSR count). The first-order valence-electron chi connectivity index (χ1n) is 8.77. The maximum absolute atomic E-state index is 11.1. The molecule has 128 valence electrons. The average molecular weight is 325 g/mol. The Morgan fingerprint density at radius 1 is 1.41 bits per heavy atom. The third kappa shape index (κ3) is 5.36. The van der Waals surface area contributed by atoms with Crippen LogP contribution >= 0.6 is 0 Å². The Morgan fingerprint density at radius 3 is 2.68 bits per heavy atom. The predicted molar refractivity (Wildman–Crippen MR) is 98.6 cm³/mol. The van der Waals surface area contributed by atoms with Gasteiger partial charge in [0.2, 0.25) is 0 Å². The molecule has 0 aromatic heterocycles. The molecule has 0 saturated carbocycles. The Balaban J connectivity index is 2.64. The monoisotopic (exact) mass is 324 g/mol. The van der Waals surface area contributed by atoms with Gasteiger partial charge < -0.3 is 9.53 Å². The molecular formula is C19H36O2Si. The molecule has 0 aromatic rings. The fraction of sp³-hybridized carbons (Fsp3) is 0.789. The molecule has 1 N–H and O–H groups in total. The molecule has 22 heavy (non-hydrogen) atoms. The Morgan fingerprint density at radius 2 is 2.09 bits per heavy atom. The lowest BCUT2D eigenvalue weighted by Crippen LogP contribution is -2.42. The summed E-state index contributed by atoms with van der Waals surface area (Å²) in [4.78, 5) is 0. The highest BCUT2D eigenvalue weighted by Crippen LogP contribution is 2.38. The second kappa shape index (κ2) is 7.94. The van der Waals surface area contributed by atoms with Gasteiger partial charge in [-0.25, -0.2) is 0 Å². The van der Waals surface area contributed by atoms with Crippen molar-refractivity contribution in [2.24, 2.45) is 5.92 Å². The topological polar surface area (TPSA) is 29.5 Å². The summed E-state index contributed by atoms with van der Waals surface area (Å²) < 4.78 is 6.32. The summed E-state index contributed by atoms with van der Waals surface area (Å²) in [5.41, 5.74) is -0.679. The largest absolute Gasteiger partial charge is 0.417 e. The smallest absolute Gasteiger partial charge is 0.191 e. The number of aliphatic hydroxyl groups is 1. The van der Waals surface area contributed by atoms with Crippen LogP contribution in [0.4, 0.5) is 0 Å². The lowest BCUT2D eigenvalue weighted by atomic mass is 9.80. The zero-order valence-corrected chi connectivity index (χ0v) is 16.3. The van der Waals surface area contributed by atoms with E-state index in [0.29, 0.717) is 5.92 Å². The minimum atomic E-state index is -1.69. The molecule has 0 aromatic carbocycles. The van der Waals surface area contributed by atoms with Crippen molar-refractivity contribution >= 4 is 8.32 Å². The highest BCUT2D eigenvalue weighted by molar-refractivity contribution is 6.74. The van der Waals surface area contributed by atoms with Gasteiger partial charge in [0.1, 0.15) is 0 Å². The molecule has 0 fully saturated rings. The summed E-state index contributed by atoms with van der Waals surface area (Å²) in [6.45, 7) is 16.0. The molecule has 0 amide bonds. The van der Waals surface area contributed by atoms with Crippen LogP contribution in [0.3, 0.4) is 0 Å². The zero-order chi connectivity index (χ0) is 16.9. The van der Waals surface area contributed by atoms with Crippen molar-refractivity contribution < 1.29 is 9.53 Å². The quantitative estimate of drug-likeness (QED) is 0.498. The maximum Gasteiger partial charge on any atom is 0.191 e. The standard InChI is InChI=1S/C19H36O2Si/c1-7-8-14-19(20)15-11-9-10-12-17(19)13-16-21-22(5,6)18(2,3)4/h7,11,15,17,20H,1,8-10,12-14,16H2,2-6H3/t17-,19-/m0/s1. The highest BCUT2D eigenvalue weighted by atomic mass is 28.4. The van der Waals surface area contributed by atoms with Crippen LogP contribution in [0.15, 0.2) is 24.8 Å². The van der Waals surface area contributed by atoms with E-state index in [2.05, 4.69) is 46.5 Å². The van der Waals surface area contributed by atoms with E-state index < -0.39 is 13.9 Å². The van der Waals surface area contributed by atoms with Crippen molar-refractivity contribution in [3.63, 3.8) is 0 Å². The Bertz CT molecular complexity index is 381. The summed E-state index contributed by atoms with van der Waals surface area (Å²) in [5, 5.41) is 11.3. The van der Waals surface area contributed by atoms with Gasteiger partial charge in [0, 0.05) is 6.61 Å². The summed E-state index contributed by atoms with van der Waals surface area (Å²) in [7, 11) is -1.69. The van der Waals surface area contributed by atoms with Crippen molar-refractivity contribution in [3.8, 4) is 0 Å². The second-order valence-corrected chi connectivity index (χ2v) is 13.1. The number of hydrogen-bond acceptors (Lipinski definition) is 2. The van der Waals surface area contributed by atoms with E-state index in [1.54, 1.807) is 0 Å². The van der Waals surface area contributed by atoms with E-state index in [1.165, 1.54) is 0 Å². The number of hydrogen-bond donors (Lipinski definition) is 1. The van der Waals surface area contributed by atoms with Crippen LogP contribution in [-0.4, -0.2) is 25.6 Å². The van der Waals surface area contributed by atoms with Gasteiger partial charge in [-0.1, -0.05) is 39.0 Å². The van der Waals surface area contributed by atoms with Gasteiger partial charge in [0.05, 0.1) is 5.60 Å². The maximum atomic E-state index is 11.1. The summed E-state index contributed by atoms with van der Waals surface area (Å²) in [5.74, 6) is 0.302. The average Bonchev–Trinajstić information content (AvgIpc) is 2.58. The van der Waals surface area contributed by atoms with Crippen LogP contribution in [0.25, 0.3) is 0 Å². The summed E-state index contributed by atoms with van der Waals surface area (Å²) in [6.07, 6.45) is 12.0. The van der Waals surface area contributed by atoms with Gasteiger partial charge in [-0.05, 0) is 62.6 Å². The van der Waals surface area contributed by atoms with Gasteiger partial charge in [-0.15, -0.1) is 6.58 Å². The van der Waals surface area contributed by atoms with Crippen molar-refractivity contribution in [2.45, 2.75) is 83.0 Å². The third-order valence-corrected chi connectivity index (χ3v) is 10.1. The van der Waals surface area contributed by atoms with Gasteiger partial charge >= 0.3 is 0 Å². The molecular weight excluding hydrogens is 288 g/mol. The lowest BCUT2D eigenvalue weighted by Gasteiger charge is -2.38. The van der Waals surface area contributed by atoms with Crippen molar-refractivity contribution in [1.82, 2.24) is 0 Å². The number of allylic oxidation sites excluding steroid dienone is 2. The predicted octanol–water partition coefficient (Wildman–Crippen LogP) is 5.45. The van der Waals surface area contributed by atoms with Crippen LogP contribution in [0.5, 0.6) is 0 Å². The van der Waals surface area contributed by atoms with E-state index in [4.69, 9.17) is 4.43 Å². The Kier molecular flexibility index (Phi) is 7.09. The van der Waals surface area contributed by atoms with Crippen LogP contribution in [0.2, 0.25) is 18.1 Å². The first-order chi connectivity index (χ1) is 10.1. The minimum Gasteiger partial charge on any atom is -0.417 e. The van der Waals surface area contributed by atoms with E-state index in [9.17, 15) is 5.11 Å². The minimum absolute atomic E-state index is 0.246. The first kappa shape index (κ1) is 19.7. The molecule has 0 unspecified atom stereocenters. The first-order valence-corrected chi connectivity index (χ1v) is 11.7. The van der Waals surface area contributed by atoms with Crippen LogP contribution in [0, 0.1) is 5.92 Å². The van der Waals surface area contributed by atoms with E-state index in [1.807, 2.05) is 12.2 Å². The van der Waals surface area contributed by atoms with Gasteiger partial charge in [0.15, 0.2) is 8.32 Å². The molecule has 2 nitrogen and oxygen atoms in total. The molecule has 1 aliphatic carbocycles. The molecule has 1 aliphatic rings. The third-order valence-electron chi connectivity index (χ3n) is 5.52. The SMILES string of the molecule is C=CCC[C@]1(O)C=CCCC[C@H]1CCO[Si](C)(C)C(C)(C)C. The second-order valence-electron chi connectivity index (χ2n) is 8.25. The van der Waals surface area contributed by atoms with Gasteiger partial charge in [0.25, 0.3) is 0 Å². The van der Waals surface area contributed by atoms with E-state index in [0.717, 1.165) is 45.1 Å². The van der Waals surface area contributed by atoms with Gasteiger partial charge in [-0.2, -0.15) is 0 Å². The van der Waals surface area contributed by atoms with E-state index >= 15 is 0 Å². The Labute approximate surface area is 138 Å². The molecule has 2 atom stereocenters. The molecule has 3 heteroatoms. The molecule has 0 aliphatic heterocycles.